The molecule has 0 fully saturated rings. The minimum atomic E-state index is -0.767. The Hall–Kier alpha value is -1.67. The topological polar surface area (TPSA) is 20.2 Å². The molecule has 0 radical (unpaired) electrons. The number of aryl methyl sites for hydroxylation is 2. The second-order valence-corrected chi connectivity index (χ2v) is 5.67. The lowest BCUT2D eigenvalue weighted by Gasteiger charge is -2.30. The Balaban J connectivity index is 1.99. The van der Waals surface area contributed by atoms with Crippen LogP contribution in [0.3, 0.4) is 0 Å². The lowest BCUT2D eigenvalue weighted by atomic mass is 9.78. The van der Waals surface area contributed by atoms with Crippen LogP contribution in [0, 0.1) is 12.7 Å². The molecular formula is C18H19FO. The second kappa shape index (κ2) is 5.37. The van der Waals surface area contributed by atoms with Crippen molar-refractivity contribution < 1.29 is 9.50 Å². The molecule has 2 aromatic carbocycles. The molecule has 0 bridgehead atoms. The molecule has 2 atom stereocenters. The molecule has 0 heterocycles. The smallest absolute Gasteiger partial charge is 0.129 e. The summed E-state index contributed by atoms with van der Waals surface area (Å²) in [5.74, 6) is -0.317. The average molecular weight is 270 g/mol. The van der Waals surface area contributed by atoms with Crippen LogP contribution in [0.15, 0.2) is 42.5 Å². The second-order valence-electron chi connectivity index (χ2n) is 5.67. The summed E-state index contributed by atoms with van der Waals surface area (Å²) in [6.07, 6.45) is 2.24. The fraction of sp³-hybridized carbons (Fsp3) is 0.333. The van der Waals surface area contributed by atoms with Gasteiger partial charge in [0.2, 0.25) is 0 Å². The molecule has 0 amide bonds. The van der Waals surface area contributed by atoms with Crippen LogP contribution in [0.2, 0.25) is 0 Å². The van der Waals surface area contributed by atoms with Crippen LogP contribution >= 0.6 is 0 Å². The van der Waals surface area contributed by atoms with Gasteiger partial charge in [-0.1, -0.05) is 42.0 Å². The van der Waals surface area contributed by atoms with Crippen LogP contribution in [0.25, 0.3) is 0 Å². The standard InChI is InChI=1S/C18H19FO/c1-12-9-10-17(19)16(11-12)18(20)15-8-4-6-13-5-2-3-7-14(13)15/h2-3,5,7,9-11,15,18,20H,4,6,8H2,1H3. The Morgan fingerprint density at radius 1 is 1.20 bits per heavy atom. The van der Waals surface area contributed by atoms with Gasteiger partial charge in [-0.05, 0) is 43.4 Å². The molecule has 1 aliphatic rings. The van der Waals surface area contributed by atoms with E-state index in [9.17, 15) is 9.50 Å². The van der Waals surface area contributed by atoms with Crippen LogP contribution in [-0.4, -0.2) is 5.11 Å². The monoisotopic (exact) mass is 270 g/mol. The first kappa shape index (κ1) is 13.3. The zero-order chi connectivity index (χ0) is 14.1. The van der Waals surface area contributed by atoms with Crippen molar-refractivity contribution in [1.82, 2.24) is 0 Å². The molecule has 1 N–H and O–H groups in total. The normalized spacial score (nSPS) is 19.4. The van der Waals surface area contributed by atoms with Crippen molar-refractivity contribution in [2.75, 3.05) is 0 Å². The SMILES string of the molecule is Cc1ccc(F)c(C(O)C2CCCc3ccccc32)c1. The van der Waals surface area contributed by atoms with Crippen molar-refractivity contribution >= 4 is 0 Å². The molecule has 0 spiro atoms. The molecular weight excluding hydrogens is 251 g/mol. The molecule has 0 saturated carbocycles. The lowest BCUT2D eigenvalue weighted by Crippen LogP contribution is -2.18. The summed E-state index contributed by atoms with van der Waals surface area (Å²) in [6, 6.07) is 13.1. The number of aliphatic hydroxyl groups excluding tert-OH is 1. The highest BCUT2D eigenvalue weighted by Gasteiger charge is 2.29. The van der Waals surface area contributed by atoms with E-state index in [0.29, 0.717) is 5.56 Å². The summed E-state index contributed by atoms with van der Waals surface area (Å²) in [5, 5.41) is 10.7. The van der Waals surface area contributed by atoms with Crippen LogP contribution in [-0.2, 0) is 6.42 Å². The van der Waals surface area contributed by atoms with E-state index >= 15 is 0 Å². The van der Waals surface area contributed by atoms with E-state index in [4.69, 9.17) is 0 Å². The van der Waals surface area contributed by atoms with Gasteiger partial charge in [0.05, 0.1) is 6.10 Å². The van der Waals surface area contributed by atoms with Gasteiger partial charge in [0.15, 0.2) is 0 Å². The van der Waals surface area contributed by atoms with Gasteiger partial charge in [-0.15, -0.1) is 0 Å². The van der Waals surface area contributed by atoms with E-state index in [1.807, 2.05) is 19.1 Å². The van der Waals surface area contributed by atoms with E-state index in [-0.39, 0.29) is 11.7 Å². The fourth-order valence-electron chi connectivity index (χ4n) is 3.23. The summed E-state index contributed by atoms with van der Waals surface area (Å²) in [7, 11) is 0. The molecule has 1 aliphatic carbocycles. The van der Waals surface area contributed by atoms with Crippen LogP contribution < -0.4 is 0 Å². The highest BCUT2D eigenvalue weighted by Crippen LogP contribution is 2.40. The van der Waals surface area contributed by atoms with Crippen LogP contribution in [0.1, 0.15) is 47.1 Å². The Morgan fingerprint density at radius 3 is 2.85 bits per heavy atom. The molecule has 2 heteroatoms. The van der Waals surface area contributed by atoms with Crippen molar-refractivity contribution in [2.24, 2.45) is 0 Å². The van der Waals surface area contributed by atoms with Gasteiger partial charge in [0, 0.05) is 11.5 Å². The van der Waals surface area contributed by atoms with Gasteiger partial charge in [0.1, 0.15) is 5.82 Å². The maximum absolute atomic E-state index is 14.0. The molecule has 2 aromatic rings. The Bertz CT molecular complexity index is 621. The molecule has 104 valence electrons. The molecule has 0 aromatic heterocycles. The van der Waals surface area contributed by atoms with Gasteiger partial charge < -0.3 is 5.11 Å². The number of halogens is 1. The van der Waals surface area contributed by atoms with Gasteiger partial charge in [-0.2, -0.15) is 0 Å². The largest absolute Gasteiger partial charge is 0.388 e. The van der Waals surface area contributed by atoms with E-state index in [1.54, 1.807) is 12.1 Å². The lowest BCUT2D eigenvalue weighted by molar-refractivity contribution is 0.132. The maximum atomic E-state index is 14.0. The number of hydrogen-bond donors (Lipinski definition) is 1. The van der Waals surface area contributed by atoms with Crippen molar-refractivity contribution in [3.05, 3.63) is 70.5 Å². The van der Waals surface area contributed by atoms with Gasteiger partial charge in [0.25, 0.3) is 0 Å². The summed E-state index contributed by atoms with van der Waals surface area (Å²) >= 11 is 0. The summed E-state index contributed by atoms with van der Waals surface area (Å²) in [6.45, 7) is 1.92. The average Bonchev–Trinajstić information content (AvgIpc) is 2.48. The predicted molar refractivity (Wildman–Crippen MR) is 78.2 cm³/mol. The minimum Gasteiger partial charge on any atom is -0.388 e. The number of aliphatic hydroxyl groups is 1. The van der Waals surface area contributed by atoms with E-state index < -0.39 is 6.10 Å². The third-order valence-electron chi connectivity index (χ3n) is 4.27. The Morgan fingerprint density at radius 2 is 2.00 bits per heavy atom. The Labute approximate surface area is 119 Å². The molecule has 2 unspecified atom stereocenters. The van der Waals surface area contributed by atoms with E-state index in [0.717, 1.165) is 24.8 Å². The quantitative estimate of drug-likeness (QED) is 0.863. The minimum absolute atomic E-state index is 0.00347. The first-order valence-corrected chi connectivity index (χ1v) is 7.19. The number of rotatable bonds is 2. The first-order valence-electron chi connectivity index (χ1n) is 7.19. The summed E-state index contributed by atoms with van der Waals surface area (Å²) in [4.78, 5) is 0. The molecule has 1 nitrogen and oxygen atoms in total. The van der Waals surface area contributed by atoms with E-state index in [1.165, 1.54) is 17.2 Å². The highest BCUT2D eigenvalue weighted by molar-refractivity contribution is 5.36. The fourth-order valence-corrected chi connectivity index (χ4v) is 3.23. The van der Waals surface area contributed by atoms with Crippen molar-refractivity contribution in [1.29, 1.82) is 0 Å². The third-order valence-corrected chi connectivity index (χ3v) is 4.27. The predicted octanol–water partition coefficient (Wildman–Crippen LogP) is 4.29. The zero-order valence-electron chi connectivity index (χ0n) is 11.6. The molecule has 0 aliphatic heterocycles. The van der Waals surface area contributed by atoms with Crippen LogP contribution in [0.5, 0.6) is 0 Å². The molecule has 3 rings (SSSR count). The maximum Gasteiger partial charge on any atom is 0.129 e. The van der Waals surface area contributed by atoms with E-state index in [2.05, 4.69) is 12.1 Å². The Kier molecular flexibility index (Phi) is 3.58. The highest BCUT2D eigenvalue weighted by atomic mass is 19.1. The van der Waals surface area contributed by atoms with Gasteiger partial charge in [-0.25, -0.2) is 4.39 Å². The number of benzene rings is 2. The summed E-state index contributed by atoms with van der Waals surface area (Å²) < 4.78 is 14.0. The first-order chi connectivity index (χ1) is 9.66. The molecule has 20 heavy (non-hydrogen) atoms. The third kappa shape index (κ3) is 2.36. The van der Waals surface area contributed by atoms with Crippen molar-refractivity contribution in [3.8, 4) is 0 Å². The summed E-state index contributed by atoms with van der Waals surface area (Å²) in [5.41, 5.74) is 3.86. The van der Waals surface area contributed by atoms with Crippen molar-refractivity contribution in [3.63, 3.8) is 0 Å². The van der Waals surface area contributed by atoms with Crippen LogP contribution in [0.4, 0.5) is 4.39 Å². The number of hydrogen-bond acceptors (Lipinski definition) is 1. The van der Waals surface area contributed by atoms with Crippen molar-refractivity contribution in [2.45, 2.75) is 38.2 Å². The number of fused-ring (bicyclic) bond motifs is 1. The van der Waals surface area contributed by atoms with Gasteiger partial charge >= 0.3 is 0 Å². The molecule has 0 saturated heterocycles. The van der Waals surface area contributed by atoms with Gasteiger partial charge in [-0.3, -0.25) is 0 Å². The zero-order valence-corrected chi connectivity index (χ0v) is 11.6.